The molecule has 6 nitrogen and oxygen atoms in total. The Labute approximate surface area is 124 Å². The van der Waals surface area contributed by atoms with E-state index >= 15 is 0 Å². The Kier molecular flexibility index (Phi) is 28.1. The Bertz CT molecular complexity index is 175. The SMILES string of the molecule is CC.CC.CCOC(=O)NCCCN(CCO)CCO. The predicted molar refractivity (Wildman–Crippen MR) is 82.9 cm³/mol. The van der Waals surface area contributed by atoms with Crippen LogP contribution in [-0.4, -0.2) is 67.2 Å². The molecule has 0 aliphatic heterocycles. The van der Waals surface area contributed by atoms with Gasteiger partial charge in [0.15, 0.2) is 0 Å². The van der Waals surface area contributed by atoms with Crippen LogP contribution in [0, 0.1) is 0 Å². The number of amides is 1. The van der Waals surface area contributed by atoms with Gasteiger partial charge in [-0.25, -0.2) is 4.79 Å². The van der Waals surface area contributed by atoms with Crippen molar-refractivity contribution in [1.29, 1.82) is 0 Å². The van der Waals surface area contributed by atoms with E-state index in [0.717, 1.165) is 13.0 Å². The van der Waals surface area contributed by atoms with E-state index in [1.54, 1.807) is 6.92 Å². The molecule has 0 radical (unpaired) electrons. The van der Waals surface area contributed by atoms with E-state index in [2.05, 4.69) is 5.32 Å². The maximum Gasteiger partial charge on any atom is 0.407 e. The quantitative estimate of drug-likeness (QED) is 0.561. The summed E-state index contributed by atoms with van der Waals surface area (Å²) in [7, 11) is 0. The van der Waals surface area contributed by atoms with Gasteiger partial charge in [0.1, 0.15) is 0 Å². The molecule has 0 fully saturated rings. The molecular formula is C14H34N2O4. The van der Waals surface area contributed by atoms with E-state index in [0.29, 0.717) is 26.2 Å². The molecule has 3 N–H and O–H groups in total. The number of ether oxygens (including phenoxy) is 1. The molecule has 0 unspecified atom stereocenters. The van der Waals surface area contributed by atoms with E-state index in [9.17, 15) is 4.79 Å². The zero-order chi connectivity index (χ0) is 16.2. The summed E-state index contributed by atoms with van der Waals surface area (Å²) in [5.74, 6) is 0. The Hall–Kier alpha value is -0.850. The van der Waals surface area contributed by atoms with Gasteiger partial charge in [0.25, 0.3) is 0 Å². The van der Waals surface area contributed by atoms with Gasteiger partial charge in [0, 0.05) is 19.6 Å². The highest BCUT2D eigenvalue weighted by Gasteiger charge is 2.04. The van der Waals surface area contributed by atoms with Crippen LogP contribution in [-0.2, 0) is 4.74 Å². The Balaban J connectivity index is -0.000000656. The molecule has 0 spiro atoms. The third kappa shape index (κ3) is 19.5. The van der Waals surface area contributed by atoms with Crippen LogP contribution in [0.4, 0.5) is 4.79 Å². The lowest BCUT2D eigenvalue weighted by Crippen LogP contribution is -2.33. The average molecular weight is 294 g/mol. The van der Waals surface area contributed by atoms with Crippen LogP contribution in [0.15, 0.2) is 0 Å². The van der Waals surface area contributed by atoms with Crippen LogP contribution in [0.2, 0.25) is 0 Å². The second-order valence-corrected chi connectivity index (χ2v) is 3.29. The number of carbonyl (C=O) groups excluding carboxylic acids is 1. The molecule has 0 aliphatic rings. The number of hydrogen-bond acceptors (Lipinski definition) is 5. The van der Waals surface area contributed by atoms with E-state index in [1.807, 2.05) is 32.6 Å². The summed E-state index contributed by atoms with van der Waals surface area (Å²) in [4.78, 5) is 12.8. The van der Waals surface area contributed by atoms with Gasteiger partial charge in [-0.3, -0.25) is 4.90 Å². The highest BCUT2D eigenvalue weighted by Crippen LogP contribution is 1.90. The van der Waals surface area contributed by atoms with E-state index in [4.69, 9.17) is 14.9 Å². The van der Waals surface area contributed by atoms with Gasteiger partial charge in [-0.15, -0.1) is 0 Å². The van der Waals surface area contributed by atoms with Crippen LogP contribution in [0.3, 0.4) is 0 Å². The van der Waals surface area contributed by atoms with Crippen molar-refractivity contribution in [3.8, 4) is 0 Å². The van der Waals surface area contributed by atoms with Crippen LogP contribution in [0.25, 0.3) is 0 Å². The maximum atomic E-state index is 10.9. The molecule has 0 aromatic carbocycles. The number of alkyl carbamates (subject to hydrolysis) is 1. The molecule has 0 aromatic heterocycles. The molecule has 0 aliphatic carbocycles. The summed E-state index contributed by atoms with van der Waals surface area (Å²) >= 11 is 0. The highest BCUT2D eigenvalue weighted by atomic mass is 16.5. The fourth-order valence-corrected chi connectivity index (χ4v) is 1.29. The lowest BCUT2D eigenvalue weighted by Gasteiger charge is -2.19. The highest BCUT2D eigenvalue weighted by molar-refractivity contribution is 5.66. The van der Waals surface area contributed by atoms with Crippen LogP contribution in [0.1, 0.15) is 41.0 Å². The summed E-state index contributed by atoms with van der Waals surface area (Å²) in [6.07, 6.45) is 0.358. The molecule has 0 saturated heterocycles. The first kappa shape index (κ1) is 24.2. The summed E-state index contributed by atoms with van der Waals surface area (Å²) in [5, 5.41) is 20.1. The minimum absolute atomic E-state index is 0.0747. The number of hydrogen-bond donors (Lipinski definition) is 3. The Morgan fingerprint density at radius 2 is 1.55 bits per heavy atom. The van der Waals surface area contributed by atoms with Crippen molar-refractivity contribution in [2.24, 2.45) is 0 Å². The first-order valence-corrected chi connectivity index (χ1v) is 7.59. The lowest BCUT2D eigenvalue weighted by atomic mass is 10.3. The molecular weight excluding hydrogens is 260 g/mol. The van der Waals surface area contributed by atoms with Crippen LogP contribution >= 0.6 is 0 Å². The summed E-state index contributed by atoms with van der Waals surface area (Å²) < 4.78 is 4.70. The number of carbonyl (C=O) groups is 1. The van der Waals surface area contributed by atoms with Crippen molar-refractivity contribution in [3.05, 3.63) is 0 Å². The number of nitrogens with one attached hydrogen (secondary N) is 1. The zero-order valence-electron chi connectivity index (χ0n) is 13.8. The topological polar surface area (TPSA) is 82.0 Å². The number of aliphatic hydroxyl groups is 2. The largest absolute Gasteiger partial charge is 0.450 e. The standard InChI is InChI=1S/C10H22N2O4.2C2H6/c1-2-16-10(15)11-4-3-5-12(6-8-13)7-9-14;2*1-2/h13-14H,2-9H2,1H3,(H,11,15);2*1-2H3. The third-order valence-corrected chi connectivity index (χ3v) is 2.03. The molecule has 0 bridgehead atoms. The van der Waals surface area contributed by atoms with Crippen LogP contribution < -0.4 is 5.32 Å². The second-order valence-electron chi connectivity index (χ2n) is 3.29. The van der Waals surface area contributed by atoms with Crippen molar-refractivity contribution in [2.45, 2.75) is 41.0 Å². The second kappa shape index (κ2) is 23.3. The summed E-state index contributed by atoms with van der Waals surface area (Å²) in [5.41, 5.74) is 0. The smallest absolute Gasteiger partial charge is 0.407 e. The maximum absolute atomic E-state index is 10.9. The van der Waals surface area contributed by atoms with Gasteiger partial charge in [-0.1, -0.05) is 27.7 Å². The Morgan fingerprint density at radius 1 is 1.05 bits per heavy atom. The minimum Gasteiger partial charge on any atom is -0.450 e. The molecule has 124 valence electrons. The van der Waals surface area contributed by atoms with Crippen molar-refractivity contribution in [1.82, 2.24) is 10.2 Å². The molecule has 0 atom stereocenters. The van der Waals surface area contributed by atoms with Gasteiger partial charge in [0.2, 0.25) is 0 Å². The summed E-state index contributed by atoms with van der Waals surface area (Å²) in [6, 6.07) is 0. The normalized spacial score (nSPS) is 9.00. The molecule has 1 amide bonds. The number of nitrogens with zero attached hydrogens (tertiary/aromatic N) is 1. The molecule has 0 saturated carbocycles. The first-order chi connectivity index (χ1) is 9.74. The molecule has 20 heavy (non-hydrogen) atoms. The van der Waals surface area contributed by atoms with E-state index < -0.39 is 6.09 Å². The van der Waals surface area contributed by atoms with Crippen molar-refractivity contribution in [3.63, 3.8) is 0 Å². The molecule has 0 rings (SSSR count). The van der Waals surface area contributed by atoms with Crippen molar-refractivity contribution < 1.29 is 19.7 Å². The van der Waals surface area contributed by atoms with Gasteiger partial charge in [-0.05, 0) is 19.9 Å². The molecule has 0 aromatic rings. The monoisotopic (exact) mass is 294 g/mol. The van der Waals surface area contributed by atoms with E-state index in [-0.39, 0.29) is 13.2 Å². The predicted octanol–water partition coefficient (Wildman–Crippen LogP) is 1.46. The number of aliphatic hydroxyl groups excluding tert-OH is 2. The first-order valence-electron chi connectivity index (χ1n) is 7.59. The van der Waals surface area contributed by atoms with Gasteiger partial charge in [-0.2, -0.15) is 0 Å². The fraction of sp³-hybridized carbons (Fsp3) is 0.929. The van der Waals surface area contributed by atoms with Gasteiger partial charge >= 0.3 is 6.09 Å². The summed E-state index contributed by atoms with van der Waals surface area (Å²) in [6.45, 7) is 12.6. The lowest BCUT2D eigenvalue weighted by molar-refractivity contribution is 0.147. The minimum atomic E-state index is -0.404. The van der Waals surface area contributed by atoms with Crippen LogP contribution in [0.5, 0.6) is 0 Å². The van der Waals surface area contributed by atoms with Gasteiger partial charge in [0.05, 0.1) is 19.8 Å². The van der Waals surface area contributed by atoms with E-state index in [1.165, 1.54) is 0 Å². The van der Waals surface area contributed by atoms with Crippen molar-refractivity contribution in [2.75, 3.05) is 46.0 Å². The number of rotatable bonds is 9. The average Bonchev–Trinajstić information content (AvgIpc) is 2.48. The molecule has 6 heteroatoms. The fourth-order valence-electron chi connectivity index (χ4n) is 1.29. The molecule has 0 heterocycles. The van der Waals surface area contributed by atoms with Crippen molar-refractivity contribution >= 4 is 6.09 Å². The zero-order valence-corrected chi connectivity index (χ0v) is 13.8. The van der Waals surface area contributed by atoms with Gasteiger partial charge < -0.3 is 20.3 Å². The Morgan fingerprint density at radius 3 is 1.95 bits per heavy atom. The third-order valence-electron chi connectivity index (χ3n) is 2.03.